The van der Waals surface area contributed by atoms with Gasteiger partial charge in [-0.05, 0) is 43.0 Å². The zero-order valence-corrected chi connectivity index (χ0v) is 20.5. The van der Waals surface area contributed by atoms with E-state index in [1.807, 2.05) is 12.1 Å². The molecule has 0 bridgehead atoms. The zero-order valence-electron chi connectivity index (χ0n) is 20.5. The highest BCUT2D eigenvalue weighted by Gasteiger charge is 2.52. The maximum atomic E-state index is 13.9. The Bertz CT molecular complexity index is 1110. The van der Waals surface area contributed by atoms with Crippen LogP contribution in [0.25, 0.3) is 0 Å². The van der Waals surface area contributed by atoms with Crippen molar-refractivity contribution in [2.24, 2.45) is 5.92 Å². The first kappa shape index (κ1) is 24.2. The lowest BCUT2D eigenvalue weighted by atomic mass is 9.84. The van der Waals surface area contributed by atoms with Crippen molar-refractivity contribution in [3.05, 3.63) is 71.8 Å². The van der Waals surface area contributed by atoms with Crippen LogP contribution in [-0.4, -0.2) is 64.5 Å². The molecule has 3 atom stereocenters. The van der Waals surface area contributed by atoms with Gasteiger partial charge < -0.3 is 15.1 Å². The SMILES string of the molecule is O=C(NC(CC1CCCCC1)C(=O)N1CCC2C1C(=O)CN2C(=O)c1ccccc1)c1ccccc1. The summed E-state index contributed by atoms with van der Waals surface area (Å²) < 4.78 is 0. The molecule has 1 saturated carbocycles. The van der Waals surface area contributed by atoms with Gasteiger partial charge in [-0.25, -0.2) is 0 Å². The lowest BCUT2D eigenvalue weighted by molar-refractivity contribution is -0.138. The summed E-state index contributed by atoms with van der Waals surface area (Å²) in [6, 6.07) is 16.2. The minimum Gasteiger partial charge on any atom is -0.340 e. The molecule has 2 heterocycles. The fraction of sp³-hybridized carbons (Fsp3) is 0.448. The van der Waals surface area contributed by atoms with E-state index in [4.69, 9.17) is 0 Å². The molecule has 2 aromatic rings. The van der Waals surface area contributed by atoms with Crippen LogP contribution in [0.1, 0.15) is 65.7 Å². The molecule has 1 N–H and O–H groups in total. The monoisotopic (exact) mass is 487 g/mol. The number of amides is 3. The number of ketones is 1. The number of nitrogens with zero attached hydrogens (tertiary/aromatic N) is 2. The molecule has 0 aromatic heterocycles. The minimum absolute atomic E-state index is 0.0104. The van der Waals surface area contributed by atoms with Crippen molar-refractivity contribution in [3.8, 4) is 0 Å². The number of carbonyl (C=O) groups is 4. The molecule has 3 fully saturated rings. The number of carbonyl (C=O) groups excluding carboxylic acids is 4. The molecule has 3 unspecified atom stereocenters. The molecular weight excluding hydrogens is 454 g/mol. The van der Waals surface area contributed by atoms with E-state index in [1.54, 1.807) is 58.3 Å². The molecule has 3 aliphatic rings. The second-order valence-corrected chi connectivity index (χ2v) is 10.2. The van der Waals surface area contributed by atoms with Crippen molar-refractivity contribution >= 4 is 23.5 Å². The van der Waals surface area contributed by atoms with E-state index in [1.165, 1.54) is 6.42 Å². The van der Waals surface area contributed by atoms with Crippen molar-refractivity contribution in [2.75, 3.05) is 13.1 Å². The molecule has 2 aromatic carbocycles. The molecule has 2 aliphatic heterocycles. The van der Waals surface area contributed by atoms with Gasteiger partial charge in [0, 0.05) is 17.7 Å². The van der Waals surface area contributed by atoms with E-state index in [-0.39, 0.29) is 36.1 Å². The van der Waals surface area contributed by atoms with Gasteiger partial charge in [-0.15, -0.1) is 0 Å². The van der Waals surface area contributed by atoms with E-state index >= 15 is 0 Å². The molecule has 5 rings (SSSR count). The van der Waals surface area contributed by atoms with Gasteiger partial charge in [-0.3, -0.25) is 19.2 Å². The van der Waals surface area contributed by atoms with Crippen molar-refractivity contribution < 1.29 is 19.2 Å². The molecule has 188 valence electrons. The lowest BCUT2D eigenvalue weighted by Crippen LogP contribution is -2.53. The molecule has 7 nitrogen and oxygen atoms in total. The first-order valence-electron chi connectivity index (χ1n) is 13.1. The number of rotatable bonds is 6. The second kappa shape index (κ2) is 10.6. The van der Waals surface area contributed by atoms with Gasteiger partial charge in [-0.2, -0.15) is 0 Å². The smallest absolute Gasteiger partial charge is 0.254 e. The molecule has 0 spiro atoms. The summed E-state index contributed by atoms with van der Waals surface area (Å²) in [7, 11) is 0. The van der Waals surface area contributed by atoms with Crippen LogP contribution in [0.15, 0.2) is 60.7 Å². The maximum Gasteiger partial charge on any atom is 0.254 e. The van der Waals surface area contributed by atoms with E-state index < -0.39 is 12.1 Å². The van der Waals surface area contributed by atoms with Crippen molar-refractivity contribution in [1.82, 2.24) is 15.1 Å². The van der Waals surface area contributed by atoms with Crippen LogP contribution in [0, 0.1) is 5.92 Å². The van der Waals surface area contributed by atoms with Gasteiger partial charge in [-0.1, -0.05) is 68.5 Å². The van der Waals surface area contributed by atoms with Gasteiger partial charge in [0.1, 0.15) is 12.1 Å². The Balaban J connectivity index is 1.34. The quantitative estimate of drug-likeness (QED) is 0.676. The number of hydrogen-bond donors (Lipinski definition) is 1. The van der Waals surface area contributed by atoms with E-state index in [0.29, 0.717) is 36.4 Å². The van der Waals surface area contributed by atoms with Crippen molar-refractivity contribution in [1.29, 1.82) is 0 Å². The lowest BCUT2D eigenvalue weighted by Gasteiger charge is -2.31. The third kappa shape index (κ3) is 4.92. The van der Waals surface area contributed by atoms with Gasteiger partial charge in [0.2, 0.25) is 5.91 Å². The summed E-state index contributed by atoms with van der Waals surface area (Å²) >= 11 is 0. The number of Topliss-reactive ketones (excluding diaryl/α,β-unsaturated/α-hetero) is 1. The van der Waals surface area contributed by atoms with Crippen LogP contribution >= 0.6 is 0 Å². The standard InChI is InChI=1S/C29H33N3O4/c33-25-19-32(28(35)22-14-8-3-9-15-22)24-16-17-31(26(24)25)29(36)23(18-20-10-4-1-5-11-20)30-27(34)21-12-6-2-7-13-21/h2-3,6-9,12-15,20,23-24,26H,1,4-5,10-11,16-19H2,(H,30,34). The van der Waals surface area contributed by atoms with Crippen molar-refractivity contribution in [3.63, 3.8) is 0 Å². The van der Waals surface area contributed by atoms with Crippen molar-refractivity contribution in [2.45, 2.75) is 63.1 Å². The third-order valence-corrected chi connectivity index (χ3v) is 7.92. The predicted molar refractivity (Wildman–Crippen MR) is 135 cm³/mol. The Kier molecular flexibility index (Phi) is 7.16. The topological polar surface area (TPSA) is 86.8 Å². The summed E-state index contributed by atoms with van der Waals surface area (Å²) in [4.78, 5) is 56.4. The maximum absolute atomic E-state index is 13.9. The molecule has 7 heteroatoms. The summed E-state index contributed by atoms with van der Waals surface area (Å²) in [6.07, 6.45) is 6.73. The van der Waals surface area contributed by atoms with Crippen LogP contribution < -0.4 is 5.32 Å². The fourth-order valence-corrected chi connectivity index (χ4v) is 6.09. The Morgan fingerprint density at radius 3 is 2.14 bits per heavy atom. The summed E-state index contributed by atoms with van der Waals surface area (Å²) in [5, 5.41) is 2.99. The van der Waals surface area contributed by atoms with E-state index in [2.05, 4.69) is 5.32 Å². The van der Waals surface area contributed by atoms with Crippen LogP contribution in [0.2, 0.25) is 0 Å². The second-order valence-electron chi connectivity index (χ2n) is 10.2. The highest BCUT2D eigenvalue weighted by atomic mass is 16.2. The van der Waals surface area contributed by atoms with E-state index in [0.717, 1.165) is 25.7 Å². The Morgan fingerprint density at radius 2 is 1.47 bits per heavy atom. The van der Waals surface area contributed by atoms with Crippen LogP contribution in [0.5, 0.6) is 0 Å². The zero-order chi connectivity index (χ0) is 25.1. The molecule has 36 heavy (non-hydrogen) atoms. The molecule has 2 saturated heterocycles. The number of fused-ring (bicyclic) bond motifs is 1. The van der Waals surface area contributed by atoms with Crippen LogP contribution in [0.3, 0.4) is 0 Å². The summed E-state index contributed by atoms with van der Waals surface area (Å²) in [5.41, 5.74) is 1.05. The van der Waals surface area contributed by atoms with E-state index in [9.17, 15) is 19.2 Å². The molecule has 0 radical (unpaired) electrons. The summed E-state index contributed by atoms with van der Waals surface area (Å²) in [6.45, 7) is 0.414. The van der Waals surface area contributed by atoms with Gasteiger partial charge in [0.05, 0.1) is 12.6 Å². The number of hydrogen-bond acceptors (Lipinski definition) is 4. The normalized spacial score (nSPS) is 22.8. The van der Waals surface area contributed by atoms with Crippen LogP contribution in [0.4, 0.5) is 0 Å². The molecule has 1 aliphatic carbocycles. The third-order valence-electron chi connectivity index (χ3n) is 7.92. The number of benzene rings is 2. The predicted octanol–water partition coefficient (Wildman–Crippen LogP) is 3.45. The van der Waals surface area contributed by atoms with Gasteiger partial charge >= 0.3 is 0 Å². The highest BCUT2D eigenvalue weighted by Crippen LogP contribution is 2.33. The first-order valence-corrected chi connectivity index (χ1v) is 13.1. The van der Waals surface area contributed by atoms with Crippen LogP contribution in [-0.2, 0) is 9.59 Å². The Morgan fingerprint density at radius 1 is 0.833 bits per heavy atom. The number of nitrogens with one attached hydrogen (secondary N) is 1. The molecule has 3 amide bonds. The number of likely N-dealkylation sites (tertiary alicyclic amines) is 2. The minimum atomic E-state index is -0.689. The first-order chi connectivity index (χ1) is 17.5. The van der Waals surface area contributed by atoms with Gasteiger partial charge in [0.25, 0.3) is 11.8 Å². The Hall–Kier alpha value is -3.48. The molecular formula is C29H33N3O4. The average molecular weight is 488 g/mol. The largest absolute Gasteiger partial charge is 0.340 e. The highest BCUT2D eigenvalue weighted by molar-refractivity contribution is 6.03. The fourth-order valence-electron chi connectivity index (χ4n) is 6.09. The average Bonchev–Trinajstić information content (AvgIpc) is 3.50. The van der Waals surface area contributed by atoms with Gasteiger partial charge in [0.15, 0.2) is 5.78 Å². The summed E-state index contributed by atoms with van der Waals surface area (Å²) in [5.74, 6) is -0.403. The Labute approximate surface area is 211 Å².